The van der Waals surface area contributed by atoms with E-state index in [0.29, 0.717) is 5.46 Å². The summed E-state index contributed by atoms with van der Waals surface area (Å²) in [7, 11) is -4.67. The van der Waals surface area contributed by atoms with Crippen LogP contribution in [0.1, 0.15) is 27.7 Å². The predicted octanol–water partition coefficient (Wildman–Crippen LogP) is 0.344. The van der Waals surface area contributed by atoms with E-state index in [2.05, 4.69) is 0 Å². The average molecular weight is 300 g/mol. The van der Waals surface area contributed by atoms with E-state index in [0.717, 1.165) is 6.26 Å². The highest BCUT2D eigenvalue weighted by molar-refractivity contribution is 7.90. The van der Waals surface area contributed by atoms with Crippen LogP contribution in [0.5, 0.6) is 0 Å². The van der Waals surface area contributed by atoms with E-state index in [1.54, 1.807) is 33.8 Å². The normalized spacial score (nSPS) is 13.3. The van der Waals surface area contributed by atoms with E-state index in [1.165, 1.54) is 18.2 Å². The standard InChI is InChI=1S/C13H21BO5S/c1-12(2,15)13(3,4)19-14(16)10-7-6-8-11(9-10)20(5,17)18/h6-9,15-16H,1-5H3. The molecule has 0 heterocycles. The second-order valence-electron chi connectivity index (χ2n) is 5.88. The number of hydrogen-bond donors (Lipinski definition) is 2. The van der Waals surface area contributed by atoms with E-state index in [1.807, 2.05) is 0 Å². The zero-order chi connectivity index (χ0) is 15.8. The second-order valence-corrected chi connectivity index (χ2v) is 7.90. The van der Waals surface area contributed by atoms with Crippen LogP contribution in [0.4, 0.5) is 0 Å². The SMILES string of the molecule is CC(C)(O)C(C)(C)OB(O)c1cccc(S(C)(=O)=O)c1. The summed E-state index contributed by atoms with van der Waals surface area (Å²) in [6.45, 7) is 6.45. The van der Waals surface area contributed by atoms with Gasteiger partial charge in [0.2, 0.25) is 0 Å². The second kappa shape index (κ2) is 5.48. The molecular formula is C13H21BO5S. The third-order valence-corrected chi connectivity index (χ3v) is 4.56. The van der Waals surface area contributed by atoms with Crippen molar-refractivity contribution < 1.29 is 23.2 Å². The molecule has 7 heteroatoms. The van der Waals surface area contributed by atoms with Crippen LogP contribution < -0.4 is 5.46 Å². The summed E-state index contributed by atoms with van der Waals surface area (Å²) in [5, 5.41) is 20.1. The van der Waals surface area contributed by atoms with Gasteiger partial charge in [-0.05, 0) is 45.3 Å². The van der Waals surface area contributed by atoms with Crippen LogP contribution in [-0.4, -0.2) is 43.1 Å². The van der Waals surface area contributed by atoms with Crippen molar-refractivity contribution in [3.8, 4) is 0 Å². The molecule has 0 atom stereocenters. The van der Waals surface area contributed by atoms with Crippen LogP contribution in [0.15, 0.2) is 29.2 Å². The molecule has 1 aromatic rings. The van der Waals surface area contributed by atoms with Gasteiger partial charge in [-0.1, -0.05) is 12.1 Å². The van der Waals surface area contributed by atoms with Crippen molar-refractivity contribution in [3.05, 3.63) is 24.3 Å². The summed E-state index contributed by atoms with van der Waals surface area (Å²) in [6.07, 6.45) is 1.10. The molecule has 0 amide bonds. The van der Waals surface area contributed by atoms with Gasteiger partial charge in [0, 0.05) is 6.26 Å². The van der Waals surface area contributed by atoms with Gasteiger partial charge in [0.15, 0.2) is 9.84 Å². The van der Waals surface area contributed by atoms with Crippen molar-refractivity contribution in [2.45, 2.75) is 43.8 Å². The number of benzene rings is 1. The van der Waals surface area contributed by atoms with E-state index in [9.17, 15) is 18.5 Å². The molecule has 5 nitrogen and oxygen atoms in total. The minimum absolute atomic E-state index is 0.110. The molecule has 0 aliphatic rings. The lowest BCUT2D eigenvalue weighted by Gasteiger charge is -2.38. The number of hydrogen-bond acceptors (Lipinski definition) is 5. The summed E-state index contributed by atoms with van der Waals surface area (Å²) < 4.78 is 28.4. The average Bonchev–Trinajstić information content (AvgIpc) is 2.26. The van der Waals surface area contributed by atoms with Crippen LogP contribution >= 0.6 is 0 Å². The summed E-state index contributed by atoms with van der Waals surface area (Å²) >= 11 is 0. The van der Waals surface area contributed by atoms with Crippen LogP contribution in [0.3, 0.4) is 0 Å². The van der Waals surface area contributed by atoms with Crippen molar-refractivity contribution >= 4 is 22.4 Å². The van der Waals surface area contributed by atoms with Gasteiger partial charge in [-0.3, -0.25) is 0 Å². The first-order valence-electron chi connectivity index (χ1n) is 6.23. The largest absolute Gasteiger partial charge is 0.491 e. The summed E-state index contributed by atoms with van der Waals surface area (Å²) in [6, 6.07) is 5.92. The smallest absolute Gasteiger partial charge is 0.423 e. The van der Waals surface area contributed by atoms with Gasteiger partial charge >= 0.3 is 7.12 Å². The zero-order valence-electron chi connectivity index (χ0n) is 12.4. The molecule has 112 valence electrons. The van der Waals surface area contributed by atoms with E-state index in [4.69, 9.17) is 4.65 Å². The molecule has 1 aromatic carbocycles. The molecule has 0 bridgehead atoms. The topological polar surface area (TPSA) is 83.8 Å². The Hall–Kier alpha value is -0.885. The minimum atomic E-state index is -3.35. The molecule has 1 rings (SSSR count). The van der Waals surface area contributed by atoms with Crippen molar-refractivity contribution in [1.29, 1.82) is 0 Å². The fraction of sp³-hybridized carbons (Fsp3) is 0.538. The molecule has 2 N–H and O–H groups in total. The number of rotatable bonds is 5. The van der Waals surface area contributed by atoms with E-state index >= 15 is 0 Å². The van der Waals surface area contributed by atoms with Gasteiger partial charge in [-0.25, -0.2) is 8.42 Å². The highest BCUT2D eigenvalue weighted by Gasteiger charge is 2.39. The first-order chi connectivity index (χ1) is 8.84. The fourth-order valence-electron chi connectivity index (χ4n) is 1.39. The summed E-state index contributed by atoms with van der Waals surface area (Å²) in [5.74, 6) is 0. The molecular weight excluding hydrogens is 279 g/mol. The Morgan fingerprint density at radius 3 is 2.20 bits per heavy atom. The van der Waals surface area contributed by atoms with Gasteiger partial charge in [-0.15, -0.1) is 0 Å². The molecule has 0 saturated heterocycles. The lowest BCUT2D eigenvalue weighted by atomic mass is 9.76. The third-order valence-electron chi connectivity index (χ3n) is 3.45. The Kier molecular flexibility index (Phi) is 4.70. The molecule has 20 heavy (non-hydrogen) atoms. The maximum absolute atomic E-state index is 11.5. The Labute approximate surface area is 120 Å². The highest BCUT2D eigenvalue weighted by atomic mass is 32.2. The highest BCUT2D eigenvalue weighted by Crippen LogP contribution is 2.25. The van der Waals surface area contributed by atoms with Crippen LogP contribution in [0, 0.1) is 0 Å². The molecule has 0 aromatic heterocycles. The Morgan fingerprint density at radius 1 is 1.20 bits per heavy atom. The van der Waals surface area contributed by atoms with Gasteiger partial charge in [0.25, 0.3) is 0 Å². The van der Waals surface area contributed by atoms with Crippen molar-refractivity contribution in [2.24, 2.45) is 0 Å². The summed E-state index contributed by atoms with van der Waals surface area (Å²) in [4.78, 5) is 0.110. The van der Waals surface area contributed by atoms with Gasteiger partial charge in [0.05, 0.1) is 16.1 Å². The molecule has 0 spiro atoms. The monoisotopic (exact) mass is 300 g/mol. The summed E-state index contributed by atoms with van der Waals surface area (Å²) in [5.41, 5.74) is -1.85. The fourth-order valence-corrected chi connectivity index (χ4v) is 2.07. The molecule has 0 saturated carbocycles. The lowest BCUT2D eigenvalue weighted by molar-refractivity contribution is -0.0982. The lowest BCUT2D eigenvalue weighted by Crippen LogP contribution is -2.53. The van der Waals surface area contributed by atoms with Crippen molar-refractivity contribution in [1.82, 2.24) is 0 Å². The minimum Gasteiger partial charge on any atom is -0.423 e. The Bertz CT molecular complexity index is 575. The van der Waals surface area contributed by atoms with Crippen LogP contribution in [-0.2, 0) is 14.5 Å². The van der Waals surface area contributed by atoms with Crippen molar-refractivity contribution in [3.63, 3.8) is 0 Å². The van der Waals surface area contributed by atoms with Gasteiger partial charge in [0.1, 0.15) is 0 Å². The number of sulfone groups is 1. The third kappa shape index (κ3) is 4.05. The van der Waals surface area contributed by atoms with Gasteiger partial charge in [-0.2, -0.15) is 0 Å². The Balaban J connectivity index is 3.03. The Morgan fingerprint density at radius 2 is 1.75 bits per heavy atom. The molecule has 0 radical (unpaired) electrons. The molecule has 0 aliphatic carbocycles. The molecule has 0 fully saturated rings. The number of aliphatic hydroxyl groups is 1. The van der Waals surface area contributed by atoms with E-state index in [-0.39, 0.29) is 4.90 Å². The molecule has 0 unspecified atom stereocenters. The first kappa shape index (κ1) is 17.2. The zero-order valence-corrected chi connectivity index (χ0v) is 13.2. The van der Waals surface area contributed by atoms with E-state index < -0.39 is 28.2 Å². The van der Waals surface area contributed by atoms with Crippen LogP contribution in [0.25, 0.3) is 0 Å². The van der Waals surface area contributed by atoms with Gasteiger partial charge < -0.3 is 14.8 Å². The maximum Gasteiger partial charge on any atom is 0.491 e. The maximum atomic E-state index is 11.5. The first-order valence-corrected chi connectivity index (χ1v) is 8.12. The van der Waals surface area contributed by atoms with Crippen LogP contribution in [0.2, 0.25) is 0 Å². The predicted molar refractivity (Wildman–Crippen MR) is 78.6 cm³/mol. The molecule has 0 aliphatic heterocycles. The quantitative estimate of drug-likeness (QED) is 0.766. The van der Waals surface area contributed by atoms with Crippen molar-refractivity contribution in [2.75, 3.05) is 6.26 Å².